The molecule has 264 valence electrons. The molecule has 52 heavy (non-hydrogen) atoms. The first-order valence-electron chi connectivity index (χ1n) is 20.5. The molecule has 7 fully saturated rings. The van der Waals surface area contributed by atoms with E-state index in [4.69, 9.17) is 9.47 Å². The zero-order valence-electron chi connectivity index (χ0n) is 30.6. The number of hydrogen-bond acceptors (Lipinski definition) is 4. The number of para-hydroxylation sites is 2. The number of piperidine rings is 2. The van der Waals surface area contributed by atoms with Crippen LogP contribution in [0.3, 0.4) is 0 Å². The quantitative estimate of drug-likeness (QED) is 0.242. The van der Waals surface area contributed by atoms with Gasteiger partial charge in [-0.1, -0.05) is 48.6 Å². The maximum absolute atomic E-state index is 7.54. The van der Waals surface area contributed by atoms with Crippen LogP contribution in [0.2, 0.25) is 0 Å². The van der Waals surface area contributed by atoms with Crippen molar-refractivity contribution in [2.24, 2.45) is 23.7 Å². The summed E-state index contributed by atoms with van der Waals surface area (Å²) in [6, 6.07) is 21.1. The van der Waals surface area contributed by atoms with E-state index in [0.29, 0.717) is 61.1 Å². The van der Waals surface area contributed by atoms with Crippen LogP contribution < -0.4 is 9.80 Å². The van der Waals surface area contributed by atoms with Crippen molar-refractivity contribution in [3.05, 3.63) is 83.0 Å². The van der Waals surface area contributed by atoms with Gasteiger partial charge >= 0.3 is 0 Å². The van der Waals surface area contributed by atoms with Crippen LogP contribution in [0.5, 0.6) is 0 Å². The molecule has 5 saturated heterocycles. The molecule has 9 heterocycles. The van der Waals surface area contributed by atoms with Gasteiger partial charge in [0.15, 0.2) is 0 Å². The van der Waals surface area contributed by atoms with Gasteiger partial charge in [-0.05, 0) is 60.1 Å². The van der Waals surface area contributed by atoms with Crippen LogP contribution in [0.4, 0.5) is 11.4 Å². The van der Waals surface area contributed by atoms with Crippen LogP contribution in [0, 0.1) is 47.4 Å². The van der Waals surface area contributed by atoms with Gasteiger partial charge in [0.05, 0.1) is 49.2 Å². The minimum absolute atomic E-state index is 0.0216. The number of anilines is 2. The summed E-state index contributed by atoms with van der Waals surface area (Å²) in [4.78, 5) is 5.94. The Labute approximate surface area is 308 Å². The minimum Gasteiger partial charge on any atom is -0.354 e. The van der Waals surface area contributed by atoms with E-state index in [-0.39, 0.29) is 23.3 Å². The van der Waals surface area contributed by atoms with Crippen molar-refractivity contribution < 1.29 is 18.4 Å². The lowest BCUT2D eigenvalue weighted by Crippen LogP contribution is -2.78. The first-order valence-corrected chi connectivity index (χ1v) is 20.5. The summed E-state index contributed by atoms with van der Waals surface area (Å²) in [6.45, 7) is 12.1. The Morgan fingerprint density at radius 1 is 0.673 bits per heavy atom. The van der Waals surface area contributed by atoms with E-state index >= 15 is 0 Å². The lowest BCUT2D eigenvalue weighted by atomic mass is 9.52. The molecule has 2 aliphatic carbocycles. The molecule has 0 N–H and O–H groups in total. The van der Waals surface area contributed by atoms with Crippen molar-refractivity contribution in [2.75, 3.05) is 62.3 Å². The zero-order chi connectivity index (χ0) is 34.2. The molecule has 12 unspecified atom stereocenters. The van der Waals surface area contributed by atoms with Gasteiger partial charge in [0, 0.05) is 60.7 Å². The summed E-state index contributed by atoms with van der Waals surface area (Å²) in [7, 11) is 0. The van der Waals surface area contributed by atoms with Gasteiger partial charge in [-0.3, -0.25) is 0 Å². The maximum atomic E-state index is 7.54. The fourth-order valence-electron chi connectivity index (χ4n) is 16.3. The third-order valence-corrected chi connectivity index (χ3v) is 17.6. The second-order valence-electron chi connectivity index (χ2n) is 18.6. The Kier molecular flexibility index (Phi) is 5.61. The third-order valence-electron chi connectivity index (χ3n) is 17.6. The smallest absolute Gasteiger partial charge is 0.141 e. The number of rotatable bonds is 2. The van der Waals surface area contributed by atoms with Gasteiger partial charge < -0.3 is 28.2 Å². The summed E-state index contributed by atoms with van der Waals surface area (Å²) in [5, 5.41) is 0. The molecule has 4 bridgehead atoms. The highest BCUT2D eigenvalue weighted by Crippen LogP contribution is 2.72. The SMILES string of the molecule is CC#CC[N@+]12CCC34c5ccccc5N5C6OCC=C7C[N@+]8(CC#CC)CCC9%10c%11ccccc%11N(C%11OCC=C(C1)C(CC32)C%11C54)C9C6C7CC%108. The Morgan fingerprint density at radius 2 is 1.13 bits per heavy atom. The number of benzene rings is 2. The number of quaternary nitrogens is 2. The minimum atomic E-state index is 0.0216. The van der Waals surface area contributed by atoms with Crippen molar-refractivity contribution in [1.29, 1.82) is 0 Å². The molecule has 13 rings (SSSR count). The average molecular weight is 691 g/mol. The highest BCUT2D eigenvalue weighted by atomic mass is 16.5. The topological polar surface area (TPSA) is 24.9 Å². The molecule has 14 atom stereocenters. The van der Waals surface area contributed by atoms with E-state index in [2.05, 4.69) is 94.2 Å². The highest BCUT2D eigenvalue weighted by Gasteiger charge is 2.80. The molecule has 2 aromatic rings. The number of fused-ring (bicyclic) bond motifs is 6. The number of hydrogen-bond donors (Lipinski definition) is 0. The van der Waals surface area contributed by atoms with E-state index < -0.39 is 0 Å². The molecular weight excluding hydrogens is 641 g/mol. The van der Waals surface area contributed by atoms with Crippen LogP contribution >= 0.6 is 0 Å². The van der Waals surface area contributed by atoms with E-state index in [1.807, 2.05) is 13.8 Å². The van der Waals surface area contributed by atoms with Crippen molar-refractivity contribution in [3.8, 4) is 23.7 Å². The van der Waals surface area contributed by atoms with Crippen molar-refractivity contribution >= 4 is 11.4 Å². The molecule has 0 aromatic heterocycles. The normalized spacial score (nSPS) is 48.0. The van der Waals surface area contributed by atoms with Gasteiger partial charge in [-0.25, -0.2) is 0 Å². The molecule has 0 amide bonds. The lowest BCUT2D eigenvalue weighted by molar-refractivity contribution is -0.936. The van der Waals surface area contributed by atoms with Crippen molar-refractivity contribution in [1.82, 2.24) is 0 Å². The second kappa shape index (κ2) is 9.77. The molecule has 11 aliphatic rings. The van der Waals surface area contributed by atoms with Crippen molar-refractivity contribution in [3.63, 3.8) is 0 Å². The van der Waals surface area contributed by atoms with Crippen LogP contribution in [0.1, 0.15) is 50.7 Å². The van der Waals surface area contributed by atoms with E-state index in [1.54, 1.807) is 22.3 Å². The zero-order valence-corrected chi connectivity index (χ0v) is 30.6. The fourth-order valence-corrected chi connectivity index (χ4v) is 16.3. The number of nitrogens with zero attached hydrogens (tertiary/aromatic N) is 4. The predicted molar refractivity (Wildman–Crippen MR) is 201 cm³/mol. The van der Waals surface area contributed by atoms with E-state index in [0.717, 1.165) is 35.1 Å². The molecule has 2 aromatic carbocycles. The maximum Gasteiger partial charge on any atom is 0.141 e. The lowest BCUT2D eigenvalue weighted by Gasteiger charge is -2.65. The molecule has 0 radical (unpaired) electrons. The molecule has 2 saturated carbocycles. The predicted octanol–water partition coefficient (Wildman–Crippen LogP) is 5.34. The third kappa shape index (κ3) is 3.09. The monoisotopic (exact) mass is 690 g/mol. The molecule has 2 spiro atoms. The Bertz CT molecular complexity index is 2000. The molecular formula is C46H50N4O2+2. The van der Waals surface area contributed by atoms with Crippen molar-refractivity contribution in [2.45, 2.75) is 87.0 Å². The molecule has 6 heteroatoms. The van der Waals surface area contributed by atoms with Crippen LogP contribution in [-0.4, -0.2) is 98.1 Å². The highest BCUT2D eigenvalue weighted by molar-refractivity contribution is 5.72. The first kappa shape index (κ1) is 29.9. The first-order chi connectivity index (χ1) is 25.6. The Hall–Kier alpha value is -3.52. The Morgan fingerprint density at radius 3 is 1.60 bits per heavy atom. The summed E-state index contributed by atoms with van der Waals surface area (Å²) >= 11 is 0. The fraction of sp³-hybridized carbons (Fsp3) is 0.565. The van der Waals surface area contributed by atoms with Crippen LogP contribution in [-0.2, 0) is 20.3 Å². The van der Waals surface area contributed by atoms with Gasteiger partial charge in [0.1, 0.15) is 50.7 Å². The van der Waals surface area contributed by atoms with Gasteiger partial charge in [0.2, 0.25) is 0 Å². The largest absolute Gasteiger partial charge is 0.354 e. The summed E-state index contributed by atoms with van der Waals surface area (Å²) in [5.41, 5.74) is 9.58. The summed E-state index contributed by atoms with van der Waals surface area (Å²) in [5.74, 6) is 15.7. The summed E-state index contributed by atoms with van der Waals surface area (Å²) < 4.78 is 17.3. The van der Waals surface area contributed by atoms with E-state index in [1.165, 1.54) is 50.1 Å². The average Bonchev–Trinajstić information content (AvgIpc) is 3.79. The molecule has 6 nitrogen and oxygen atoms in total. The number of ether oxygens (including phenoxy) is 2. The van der Waals surface area contributed by atoms with Crippen LogP contribution in [0.15, 0.2) is 71.8 Å². The Balaban J connectivity index is 1.10. The van der Waals surface area contributed by atoms with Gasteiger partial charge in [-0.2, -0.15) is 0 Å². The van der Waals surface area contributed by atoms with Gasteiger partial charge in [-0.15, -0.1) is 11.8 Å². The van der Waals surface area contributed by atoms with E-state index in [9.17, 15) is 0 Å². The van der Waals surface area contributed by atoms with Crippen LogP contribution in [0.25, 0.3) is 0 Å². The standard InChI is InChI=1S/C46H50N4O2/c1-3-5-19-49-21-17-45-33-11-7-9-13-35(33)47-41(45)39-31(25-37(45)49)29(27-49)15-23-51-43(39)48-36-14-10-8-12-34(36)46-18-22-50(20-6-4-2)28-30-16-24-52-44(47)40(42(46)48)32(30)26-38(46)50/h7-16,31-32,37-44H,17-28H2,1-2H3/q+2/t31?,32?,37?,38?,39?,40?,41?,42?,43?,44?,45?,46?,49-,50-/m0/s1. The second-order valence-corrected chi connectivity index (χ2v) is 18.6. The molecule has 9 aliphatic heterocycles. The summed E-state index contributed by atoms with van der Waals surface area (Å²) in [6.07, 6.45) is 10.1. The van der Waals surface area contributed by atoms with Gasteiger partial charge in [0.25, 0.3) is 0 Å².